The van der Waals surface area contributed by atoms with Crippen molar-refractivity contribution < 1.29 is 4.79 Å². The number of imidazole rings is 1. The molecule has 0 fully saturated rings. The van der Waals surface area contributed by atoms with Crippen molar-refractivity contribution in [2.75, 3.05) is 7.05 Å². The molecule has 128 valence electrons. The number of carbonyl (C=O) groups excluding carboxylic acids is 1. The van der Waals surface area contributed by atoms with Gasteiger partial charge in [-0.3, -0.25) is 9.20 Å². The predicted octanol–water partition coefficient (Wildman–Crippen LogP) is 3.45. The van der Waals surface area contributed by atoms with Crippen LogP contribution >= 0.6 is 19.5 Å². The lowest BCUT2D eigenvalue weighted by Crippen LogP contribution is -2.09. The van der Waals surface area contributed by atoms with E-state index in [9.17, 15) is 4.79 Å². The smallest absolute Gasteiger partial charge is 0.151 e. The second-order valence-electron chi connectivity index (χ2n) is 5.22. The number of nitrogens with zero attached hydrogens (tertiary/aromatic N) is 4. The third kappa shape index (κ3) is 3.14. The molecule has 0 bridgehead atoms. The van der Waals surface area contributed by atoms with E-state index in [1.54, 1.807) is 30.6 Å². The number of thiazole rings is 1. The van der Waals surface area contributed by atoms with E-state index < -0.39 is 0 Å². The molecule has 6 nitrogen and oxygen atoms in total. The lowest BCUT2D eigenvalue weighted by atomic mass is 10.3. The van der Waals surface area contributed by atoms with Crippen LogP contribution < -0.4 is 10.9 Å². The number of nitrogens with one attached hydrogen (secondary N) is 1. The van der Waals surface area contributed by atoms with Gasteiger partial charge in [0.15, 0.2) is 6.29 Å². The minimum Gasteiger partial charge on any atom is -0.574 e. The number of pyridine rings is 1. The van der Waals surface area contributed by atoms with E-state index in [1.807, 2.05) is 30.4 Å². The van der Waals surface area contributed by atoms with Crippen molar-refractivity contribution in [3.63, 3.8) is 0 Å². The minimum absolute atomic E-state index is 0.596. The summed E-state index contributed by atoms with van der Waals surface area (Å²) < 4.78 is 1.92. The van der Waals surface area contributed by atoms with E-state index in [0.29, 0.717) is 5.56 Å². The standard InChI is InChI=1S/C17H17N5OPS/c1-5-12(21-18-3)15-16(24-4)20-17(25-15)14-10(2)19-13-7-6-11(9-23)8-22(13)14/h5-9,21H,4H2,1-3H3/q-1. The zero-order valence-corrected chi connectivity index (χ0v) is 15.9. The average Bonchev–Trinajstić information content (AvgIpc) is 3.18. The predicted molar refractivity (Wildman–Crippen MR) is 106 cm³/mol. The van der Waals surface area contributed by atoms with Gasteiger partial charge < -0.3 is 10.9 Å². The van der Waals surface area contributed by atoms with E-state index in [1.165, 1.54) is 0 Å². The Labute approximate surface area is 151 Å². The lowest BCUT2D eigenvalue weighted by molar-refractivity contribution is 0.112. The van der Waals surface area contributed by atoms with Gasteiger partial charge in [-0.05, 0) is 26.0 Å². The van der Waals surface area contributed by atoms with Crippen LogP contribution in [-0.4, -0.2) is 34.0 Å². The summed E-state index contributed by atoms with van der Waals surface area (Å²) in [4.78, 5) is 21.5. The molecular weight excluding hydrogens is 353 g/mol. The molecule has 3 aromatic heterocycles. The Morgan fingerprint density at radius 3 is 2.88 bits per heavy atom. The molecule has 25 heavy (non-hydrogen) atoms. The molecule has 1 N–H and O–H groups in total. The molecule has 0 saturated carbocycles. The van der Waals surface area contributed by atoms with Crippen molar-refractivity contribution in [3.8, 4) is 10.7 Å². The first-order valence-corrected chi connectivity index (χ1v) is 9.45. The SMILES string of the molecule is C=Pc1nc(-c2c(C)nc3ccc(C=O)cn23)sc1C(=CC)N[N-]C. The van der Waals surface area contributed by atoms with E-state index in [4.69, 9.17) is 4.98 Å². The topological polar surface area (TPSA) is 73.4 Å². The Morgan fingerprint density at radius 2 is 2.24 bits per heavy atom. The van der Waals surface area contributed by atoms with E-state index in [-0.39, 0.29) is 0 Å². The summed E-state index contributed by atoms with van der Waals surface area (Å²) in [5.74, 6) is 0. The van der Waals surface area contributed by atoms with E-state index >= 15 is 0 Å². The Balaban J connectivity index is 2.22. The molecular formula is C17H17N5OPS-. The van der Waals surface area contributed by atoms with Crippen LogP contribution in [0.4, 0.5) is 0 Å². The van der Waals surface area contributed by atoms with Crippen molar-refractivity contribution in [1.29, 1.82) is 0 Å². The van der Waals surface area contributed by atoms with E-state index in [0.717, 1.165) is 52.5 Å². The number of hydrogen-bond donors (Lipinski definition) is 1. The zero-order valence-electron chi connectivity index (χ0n) is 14.1. The van der Waals surface area contributed by atoms with Crippen LogP contribution in [0.1, 0.15) is 27.9 Å². The van der Waals surface area contributed by atoms with Gasteiger partial charge in [0, 0.05) is 17.5 Å². The molecule has 0 aromatic carbocycles. The van der Waals surface area contributed by atoms with Gasteiger partial charge >= 0.3 is 0 Å². The molecule has 8 heteroatoms. The highest BCUT2D eigenvalue weighted by Crippen LogP contribution is 2.32. The van der Waals surface area contributed by atoms with Crippen LogP contribution in [-0.2, 0) is 0 Å². The summed E-state index contributed by atoms with van der Waals surface area (Å²) in [6, 6.07) is 3.60. The Morgan fingerprint density at radius 1 is 1.44 bits per heavy atom. The molecule has 3 rings (SSSR count). The van der Waals surface area contributed by atoms with Crippen LogP contribution in [0.15, 0.2) is 24.4 Å². The van der Waals surface area contributed by atoms with Gasteiger partial charge in [0.1, 0.15) is 21.8 Å². The summed E-state index contributed by atoms with van der Waals surface area (Å²) in [6.45, 7) is 3.90. The minimum atomic E-state index is 0.596. The van der Waals surface area contributed by atoms with Gasteiger partial charge in [-0.15, -0.1) is 18.4 Å². The van der Waals surface area contributed by atoms with Crippen molar-refractivity contribution in [3.05, 3.63) is 46.0 Å². The highest BCUT2D eigenvalue weighted by molar-refractivity contribution is 7.46. The molecule has 0 aliphatic rings. The molecule has 0 radical (unpaired) electrons. The van der Waals surface area contributed by atoms with Crippen LogP contribution in [0.5, 0.6) is 0 Å². The molecule has 0 unspecified atom stereocenters. The molecule has 0 amide bonds. The zero-order chi connectivity index (χ0) is 18.0. The summed E-state index contributed by atoms with van der Waals surface area (Å²) >= 11 is 1.56. The molecule has 0 aliphatic heterocycles. The monoisotopic (exact) mass is 370 g/mol. The fraction of sp³-hybridized carbons (Fsp3) is 0.176. The summed E-state index contributed by atoms with van der Waals surface area (Å²) in [6.07, 6.45) is 8.54. The fourth-order valence-corrected chi connectivity index (χ4v) is 4.49. The van der Waals surface area contributed by atoms with Gasteiger partial charge in [0.2, 0.25) is 0 Å². The number of hydrogen-bond acceptors (Lipinski definition) is 5. The highest BCUT2D eigenvalue weighted by atomic mass is 32.1. The number of carbonyl (C=O) groups is 1. The number of aromatic nitrogens is 3. The maximum absolute atomic E-state index is 11.1. The number of fused-ring (bicyclic) bond motifs is 1. The van der Waals surface area contributed by atoms with Crippen LogP contribution in [0, 0.1) is 6.92 Å². The van der Waals surface area contributed by atoms with Crippen molar-refractivity contribution in [1.82, 2.24) is 19.8 Å². The third-order valence-corrected chi connectivity index (χ3v) is 5.55. The molecule has 0 spiro atoms. The summed E-state index contributed by atoms with van der Waals surface area (Å²) in [5, 5.41) is 0.839. The molecule has 0 saturated heterocycles. The van der Waals surface area contributed by atoms with Crippen LogP contribution in [0.2, 0.25) is 0 Å². The quantitative estimate of drug-likeness (QED) is 0.410. The van der Waals surface area contributed by atoms with Gasteiger partial charge in [0.25, 0.3) is 0 Å². The summed E-state index contributed by atoms with van der Waals surface area (Å²) in [5.41, 5.74) is 11.9. The van der Waals surface area contributed by atoms with Crippen LogP contribution in [0.3, 0.4) is 0 Å². The van der Waals surface area contributed by atoms with Gasteiger partial charge in [-0.1, -0.05) is 20.6 Å². The second-order valence-corrected chi connectivity index (χ2v) is 6.96. The first-order valence-electron chi connectivity index (χ1n) is 7.56. The van der Waals surface area contributed by atoms with Gasteiger partial charge in [0.05, 0.1) is 10.6 Å². The van der Waals surface area contributed by atoms with Crippen LogP contribution in [0.25, 0.3) is 27.5 Å². The molecule has 3 heterocycles. The number of aldehydes is 1. The Hall–Kier alpha value is -2.34. The lowest BCUT2D eigenvalue weighted by Gasteiger charge is -2.19. The Bertz CT molecular complexity index is 988. The van der Waals surface area contributed by atoms with Gasteiger partial charge in [-0.2, -0.15) is 0 Å². The number of allylic oxidation sites excluding steroid dienone is 1. The average molecular weight is 370 g/mol. The molecule has 3 aromatic rings. The normalized spacial score (nSPS) is 12.0. The van der Waals surface area contributed by atoms with Crippen molar-refractivity contribution in [2.24, 2.45) is 0 Å². The third-order valence-electron chi connectivity index (χ3n) is 3.68. The maximum Gasteiger partial charge on any atom is 0.151 e. The first kappa shape index (κ1) is 17.5. The molecule has 0 aliphatic carbocycles. The number of rotatable bonds is 6. The fourth-order valence-electron chi connectivity index (χ4n) is 2.57. The summed E-state index contributed by atoms with van der Waals surface area (Å²) in [7, 11) is 2.53. The van der Waals surface area contributed by atoms with E-state index in [2.05, 4.69) is 22.1 Å². The van der Waals surface area contributed by atoms with Crippen molar-refractivity contribution in [2.45, 2.75) is 13.8 Å². The van der Waals surface area contributed by atoms with Gasteiger partial charge in [-0.25, -0.2) is 9.97 Å². The molecule has 0 atom stereocenters. The number of aryl methyl sites for hydroxylation is 1. The first-order chi connectivity index (χ1) is 12.1. The second kappa shape index (κ2) is 7.27. The largest absolute Gasteiger partial charge is 0.574 e. The maximum atomic E-state index is 11.1. The highest BCUT2D eigenvalue weighted by Gasteiger charge is 2.18. The Kier molecular flexibility index (Phi) is 5.08. The van der Waals surface area contributed by atoms with Crippen molar-refractivity contribution >= 4 is 48.9 Å².